The molecule has 126 valence electrons. The van der Waals surface area contributed by atoms with Gasteiger partial charge in [-0.2, -0.15) is 0 Å². The number of aromatic amines is 1. The second kappa shape index (κ2) is 5.84. The summed E-state index contributed by atoms with van der Waals surface area (Å²) in [5.41, 5.74) is 1.73. The van der Waals surface area contributed by atoms with Crippen LogP contribution in [0.5, 0.6) is 0 Å². The van der Waals surface area contributed by atoms with E-state index >= 15 is 0 Å². The first-order chi connectivity index (χ1) is 12.1. The number of rotatable bonds is 1. The van der Waals surface area contributed by atoms with Gasteiger partial charge in [0.1, 0.15) is 5.82 Å². The fraction of sp³-hybridized carbons (Fsp3) is 0.200. The Morgan fingerprint density at radius 3 is 2.72 bits per heavy atom. The van der Waals surface area contributed by atoms with Crippen molar-refractivity contribution in [2.45, 2.75) is 19.4 Å². The average Bonchev–Trinajstić information content (AvgIpc) is 2.62. The summed E-state index contributed by atoms with van der Waals surface area (Å²) in [5.74, 6) is -0.484. The van der Waals surface area contributed by atoms with Crippen molar-refractivity contribution in [2.75, 3.05) is 6.54 Å². The van der Waals surface area contributed by atoms with Crippen molar-refractivity contribution in [1.82, 2.24) is 9.88 Å². The van der Waals surface area contributed by atoms with Gasteiger partial charge in [0.25, 0.3) is 11.5 Å². The average molecular weight is 336 g/mol. The lowest BCUT2D eigenvalue weighted by molar-refractivity contribution is 0.0675. The first-order valence-electron chi connectivity index (χ1n) is 8.26. The molecule has 1 atom stereocenters. The molecule has 1 N–H and O–H groups in total. The highest BCUT2D eigenvalue weighted by atomic mass is 19.1. The number of H-pyrrole nitrogens is 1. The topological polar surface area (TPSA) is 53.2 Å². The molecule has 1 amide bonds. The highest BCUT2D eigenvalue weighted by molar-refractivity contribution is 6.06. The Hall–Kier alpha value is -2.95. The number of fused-ring (bicyclic) bond motifs is 2. The minimum Gasteiger partial charge on any atom is -0.331 e. The number of nitrogens with zero attached hydrogens (tertiary/aromatic N) is 1. The smallest absolute Gasteiger partial charge is 0.256 e. The van der Waals surface area contributed by atoms with Crippen LogP contribution in [-0.2, 0) is 6.42 Å². The van der Waals surface area contributed by atoms with E-state index in [4.69, 9.17) is 0 Å². The van der Waals surface area contributed by atoms with Gasteiger partial charge in [-0.1, -0.05) is 30.3 Å². The van der Waals surface area contributed by atoms with E-state index in [1.54, 1.807) is 35.2 Å². The third kappa shape index (κ3) is 2.43. The second-order valence-corrected chi connectivity index (χ2v) is 6.31. The summed E-state index contributed by atoms with van der Waals surface area (Å²) in [6.07, 6.45) is 2.07. The minimum absolute atomic E-state index is 0.200. The number of pyridine rings is 1. The molecule has 0 fully saturated rings. The number of carbonyl (C=O) groups is 1. The SMILES string of the molecule is C[C@H]1c2c(F)cccc2CCN1C(=O)c1c[nH]c(=O)c2ccccc12. The number of hydrogen-bond donors (Lipinski definition) is 1. The molecule has 1 aliphatic heterocycles. The largest absolute Gasteiger partial charge is 0.331 e. The quantitative estimate of drug-likeness (QED) is 0.740. The molecule has 4 rings (SSSR count). The normalized spacial score (nSPS) is 16.7. The van der Waals surface area contributed by atoms with E-state index in [1.165, 1.54) is 12.3 Å². The lowest BCUT2D eigenvalue weighted by atomic mass is 9.92. The van der Waals surface area contributed by atoms with Crippen LogP contribution in [0, 0.1) is 5.82 Å². The van der Waals surface area contributed by atoms with Gasteiger partial charge >= 0.3 is 0 Å². The Labute approximate surface area is 143 Å². The molecule has 0 radical (unpaired) electrons. The van der Waals surface area contributed by atoms with Gasteiger partial charge in [-0.15, -0.1) is 0 Å². The van der Waals surface area contributed by atoms with Crippen LogP contribution in [0.25, 0.3) is 10.8 Å². The fourth-order valence-electron chi connectivity index (χ4n) is 3.68. The standard InChI is InChI=1S/C20H17FN2O2/c1-12-18-13(5-4-8-17(18)21)9-10-23(12)20(25)16-11-22-19(24)15-7-3-2-6-14(15)16/h2-8,11-12H,9-10H2,1H3,(H,22,24)/t12-/m0/s1. The van der Waals surface area contributed by atoms with E-state index < -0.39 is 0 Å². The second-order valence-electron chi connectivity index (χ2n) is 6.31. The Morgan fingerprint density at radius 2 is 1.92 bits per heavy atom. The van der Waals surface area contributed by atoms with E-state index in [-0.39, 0.29) is 23.3 Å². The number of nitrogens with one attached hydrogen (secondary N) is 1. The van der Waals surface area contributed by atoms with Crippen molar-refractivity contribution in [1.29, 1.82) is 0 Å². The first kappa shape index (κ1) is 15.6. The lowest BCUT2D eigenvalue weighted by Gasteiger charge is -2.35. The highest BCUT2D eigenvalue weighted by Crippen LogP contribution is 2.33. The van der Waals surface area contributed by atoms with Crippen LogP contribution >= 0.6 is 0 Å². The maximum Gasteiger partial charge on any atom is 0.256 e. The van der Waals surface area contributed by atoms with Gasteiger partial charge in [0.05, 0.1) is 11.6 Å². The molecule has 5 heteroatoms. The van der Waals surface area contributed by atoms with Crippen LogP contribution in [-0.4, -0.2) is 22.3 Å². The molecule has 3 aromatic rings. The van der Waals surface area contributed by atoms with Gasteiger partial charge in [0.15, 0.2) is 0 Å². The predicted octanol–water partition coefficient (Wildman–Crippen LogP) is 3.43. The molecule has 25 heavy (non-hydrogen) atoms. The zero-order chi connectivity index (χ0) is 17.6. The maximum atomic E-state index is 14.3. The van der Waals surface area contributed by atoms with Crippen LogP contribution in [0.1, 0.15) is 34.5 Å². The number of aromatic nitrogens is 1. The Kier molecular flexibility index (Phi) is 3.64. The molecule has 4 nitrogen and oxygen atoms in total. The zero-order valence-electron chi connectivity index (χ0n) is 13.8. The molecule has 0 spiro atoms. The third-order valence-corrected chi connectivity index (χ3v) is 4.95. The predicted molar refractivity (Wildman–Crippen MR) is 94.1 cm³/mol. The van der Waals surface area contributed by atoms with Crippen LogP contribution < -0.4 is 5.56 Å². The van der Waals surface area contributed by atoms with Crippen molar-refractivity contribution in [3.8, 4) is 0 Å². The maximum absolute atomic E-state index is 14.3. The summed E-state index contributed by atoms with van der Waals surface area (Å²) in [6, 6.07) is 11.7. The van der Waals surface area contributed by atoms with Crippen LogP contribution in [0.4, 0.5) is 4.39 Å². The summed E-state index contributed by atoms with van der Waals surface area (Å²) < 4.78 is 14.3. The van der Waals surface area contributed by atoms with Gasteiger partial charge in [0, 0.05) is 29.1 Å². The Morgan fingerprint density at radius 1 is 1.16 bits per heavy atom. The zero-order valence-corrected chi connectivity index (χ0v) is 13.8. The van der Waals surface area contributed by atoms with Gasteiger partial charge in [-0.3, -0.25) is 9.59 Å². The number of benzene rings is 2. The molecule has 2 heterocycles. The van der Waals surface area contributed by atoms with E-state index in [0.717, 1.165) is 5.56 Å². The number of hydrogen-bond acceptors (Lipinski definition) is 2. The molecule has 0 bridgehead atoms. The van der Waals surface area contributed by atoms with Crippen LogP contribution in [0.3, 0.4) is 0 Å². The van der Waals surface area contributed by atoms with Crippen LogP contribution in [0.2, 0.25) is 0 Å². The molecule has 0 saturated carbocycles. The Balaban J connectivity index is 1.79. The summed E-state index contributed by atoms with van der Waals surface area (Å²) in [4.78, 5) is 29.4. The molecule has 1 aromatic heterocycles. The highest BCUT2D eigenvalue weighted by Gasteiger charge is 2.31. The summed E-state index contributed by atoms with van der Waals surface area (Å²) in [6.45, 7) is 2.36. The number of carbonyl (C=O) groups excluding carboxylic acids is 1. The minimum atomic E-state index is -0.358. The van der Waals surface area contributed by atoms with Crippen molar-refractivity contribution in [3.05, 3.63) is 81.5 Å². The molecular formula is C20H17FN2O2. The van der Waals surface area contributed by atoms with Crippen molar-refractivity contribution < 1.29 is 9.18 Å². The van der Waals surface area contributed by atoms with Gasteiger partial charge < -0.3 is 9.88 Å². The van der Waals surface area contributed by atoms with Crippen molar-refractivity contribution >= 4 is 16.7 Å². The number of amides is 1. The fourth-order valence-corrected chi connectivity index (χ4v) is 3.68. The first-order valence-corrected chi connectivity index (χ1v) is 8.26. The monoisotopic (exact) mass is 336 g/mol. The van der Waals surface area contributed by atoms with E-state index in [1.807, 2.05) is 13.0 Å². The molecule has 0 aliphatic carbocycles. The molecule has 2 aromatic carbocycles. The molecule has 0 saturated heterocycles. The molecule has 0 unspecified atom stereocenters. The lowest BCUT2D eigenvalue weighted by Crippen LogP contribution is -2.39. The third-order valence-electron chi connectivity index (χ3n) is 4.95. The number of halogens is 1. The molecular weight excluding hydrogens is 319 g/mol. The van der Waals surface area contributed by atoms with E-state index in [2.05, 4.69) is 4.98 Å². The van der Waals surface area contributed by atoms with Gasteiger partial charge in [-0.25, -0.2) is 4.39 Å². The van der Waals surface area contributed by atoms with E-state index in [9.17, 15) is 14.0 Å². The summed E-state index contributed by atoms with van der Waals surface area (Å²) in [5, 5.41) is 1.09. The summed E-state index contributed by atoms with van der Waals surface area (Å²) >= 11 is 0. The molecule has 1 aliphatic rings. The van der Waals surface area contributed by atoms with Crippen molar-refractivity contribution in [2.24, 2.45) is 0 Å². The van der Waals surface area contributed by atoms with Crippen molar-refractivity contribution in [3.63, 3.8) is 0 Å². The van der Waals surface area contributed by atoms with E-state index in [0.29, 0.717) is 34.9 Å². The Bertz CT molecular complexity index is 1040. The van der Waals surface area contributed by atoms with Gasteiger partial charge in [0.2, 0.25) is 0 Å². The van der Waals surface area contributed by atoms with Gasteiger partial charge in [-0.05, 0) is 31.0 Å². The van der Waals surface area contributed by atoms with Crippen LogP contribution in [0.15, 0.2) is 53.5 Å². The summed E-state index contributed by atoms with van der Waals surface area (Å²) in [7, 11) is 0.